The predicted octanol–water partition coefficient (Wildman–Crippen LogP) is 1.74. The second-order valence-corrected chi connectivity index (χ2v) is 7.29. The SMILES string of the molecule is CC(C)CN(C)CCC1CCCC1(NC1CC1)C(N)=O. The van der Waals surface area contributed by atoms with Gasteiger partial charge < -0.3 is 16.0 Å². The molecule has 116 valence electrons. The van der Waals surface area contributed by atoms with E-state index in [1.165, 1.54) is 12.8 Å². The van der Waals surface area contributed by atoms with Crippen molar-refractivity contribution in [3.8, 4) is 0 Å². The number of nitrogens with zero attached hydrogens (tertiary/aromatic N) is 1. The summed E-state index contributed by atoms with van der Waals surface area (Å²) in [6.45, 7) is 6.67. The monoisotopic (exact) mass is 281 g/mol. The van der Waals surface area contributed by atoms with Crippen molar-refractivity contribution in [3.63, 3.8) is 0 Å². The van der Waals surface area contributed by atoms with Gasteiger partial charge in [0.15, 0.2) is 0 Å². The van der Waals surface area contributed by atoms with Crippen LogP contribution in [0.3, 0.4) is 0 Å². The minimum Gasteiger partial charge on any atom is -0.368 e. The van der Waals surface area contributed by atoms with Crippen LogP contribution in [0.4, 0.5) is 0 Å². The van der Waals surface area contributed by atoms with Gasteiger partial charge in [0.05, 0.1) is 0 Å². The smallest absolute Gasteiger partial charge is 0.238 e. The molecule has 2 aliphatic carbocycles. The molecule has 0 saturated heterocycles. The molecule has 0 radical (unpaired) electrons. The van der Waals surface area contributed by atoms with E-state index < -0.39 is 5.54 Å². The number of hydrogen-bond donors (Lipinski definition) is 2. The van der Waals surface area contributed by atoms with Crippen LogP contribution in [-0.2, 0) is 4.79 Å². The van der Waals surface area contributed by atoms with E-state index in [4.69, 9.17) is 5.73 Å². The van der Waals surface area contributed by atoms with Gasteiger partial charge in [0.1, 0.15) is 5.54 Å². The summed E-state index contributed by atoms with van der Waals surface area (Å²) < 4.78 is 0. The Morgan fingerprint density at radius 2 is 2.10 bits per heavy atom. The van der Waals surface area contributed by atoms with E-state index in [9.17, 15) is 4.79 Å². The zero-order valence-corrected chi connectivity index (χ0v) is 13.3. The van der Waals surface area contributed by atoms with Gasteiger partial charge in [-0.2, -0.15) is 0 Å². The zero-order valence-electron chi connectivity index (χ0n) is 13.3. The number of carbonyl (C=O) groups is 1. The van der Waals surface area contributed by atoms with Crippen molar-refractivity contribution in [2.45, 2.75) is 64.0 Å². The van der Waals surface area contributed by atoms with Crippen molar-refractivity contribution in [2.24, 2.45) is 17.6 Å². The van der Waals surface area contributed by atoms with Gasteiger partial charge in [-0.1, -0.05) is 20.3 Å². The van der Waals surface area contributed by atoms with Gasteiger partial charge in [0.2, 0.25) is 5.91 Å². The Bertz CT molecular complexity index is 341. The number of nitrogens with two attached hydrogens (primary N) is 1. The summed E-state index contributed by atoms with van der Waals surface area (Å²) in [5.41, 5.74) is 5.35. The lowest BCUT2D eigenvalue weighted by Gasteiger charge is -2.35. The van der Waals surface area contributed by atoms with Gasteiger partial charge in [0, 0.05) is 12.6 Å². The van der Waals surface area contributed by atoms with Crippen molar-refractivity contribution in [1.82, 2.24) is 10.2 Å². The summed E-state index contributed by atoms with van der Waals surface area (Å²) in [5.74, 6) is 0.975. The number of nitrogens with one attached hydrogen (secondary N) is 1. The summed E-state index contributed by atoms with van der Waals surface area (Å²) in [7, 11) is 2.18. The maximum Gasteiger partial charge on any atom is 0.238 e. The van der Waals surface area contributed by atoms with Gasteiger partial charge in [-0.3, -0.25) is 4.79 Å². The summed E-state index contributed by atoms with van der Waals surface area (Å²) in [5, 5.41) is 3.59. The Labute approximate surface area is 123 Å². The summed E-state index contributed by atoms with van der Waals surface area (Å²) >= 11 is 0. The van der Waals surface area contributed by atoms with E-state index >= 15 is 0 Å². The highest BCUT2D eigenvalue weighted by molar-refractivity contribution is 5.85. The fraction of sp³-hybridized carbons (Fsp3) is 0.938. The Morgan fingerprint density at radius 3 is 2.65 bits per heavy atom. The first-order chi connectivity index (χ1) is 9.44. The third kappa shape index (κ3) is 3.73. The highest BCUT2D eigenvalue weighted by Gasteiger charge is 2.49. The van der Waals surface area contributed by atoms with Crippen LogP contribution in [0.5, 0.6) is 0 Å². The lowest BCUT2D eigenvalue weighted by atomic mass is 9.83. The molecule has 0 aromatic carbocycles. The minimum atomic E-state index is -0.417. The van der Waals surface area contributed by atoms with Crippen LogP contribution >= 0.6 is 0 Å². The van der Waals surface area contributed by atoms with Gasteiger partial charge in [-0.25, -0.2) is 0 Å². The highest BCUT2D eigenvalue weighted by Crippen LogP contribution is 2.40. The molecule has 4 nitrogen and oxygen atoms in total. The van der Waals surface area contributed by atoms with E-state index in [2.05, 4.69) is 31.1 Å². The lowest BCUT2D eigenvalue weighted by molar-refractivity contribution is -0.126. The standard InChI is InChI=1S/C16H31N3O/c1-12(2)11-19(3)10-8-13-5-4-9-16(13,15(17)20)18-14-6-7-14/h12-14,18H,4-11H2,1-3H3,(H2,17,20). The molecule has 0 heterocycles. The normalized spacial score (nSPS) is 30.4. The first-order valence-corrected chi connectivity index (χ1v) is 8.20. The first kappa shape index (κ1) is 15.8. The number of rotatable bonds is 8. The van der Waals surface area contributed by atoms with Crippen LogP contribution in [0.1, 0.15) is 52.4 Å². The molecule has 0 aromatic heterocycles. The second kappa shape index (κ2) is 6.44. The van der Waals surface area contributed by atoms with Gasteiger partial charge in [-0.05, 0) is 57.5 Å². The fourth-order valence-corrected chi connectivity index (χ4v) is 3.74. The van der Waals surface area contributed by atoms with Crippen LogP contribution in [-0.4, -0.2) is 42.5 Å². The van der Waals surface area contributed by atoms with Crippen LogP contribution in [0.2, 0.25) is 0 Å². The topological polar surface area (TPSA) is 58.4 Å². The zero-order chi connectivity index (χ0) is 14.8. The maximum atomic E-state index is 12.1. The first-order valence-electron chi connectivity index (χ1n) is 8.20. The molecule has 4 heteroatoms. The molecule has 3 N–H and O–H groups in total. The summed E-state index contributed by atoms with van der Waals surface area (Å²) in [6.07, 6.45) is 6.67. The Hall–Kier alpha value is -0.610. The van der Waals surface area contributed by atoms with Crippen LogP contribution in [0, 0.1) is 11.8 Å². The average Bonchev–Trinajstić information content (AvgIpc) is 3.05. The lowest BCUT2D eigenvalue weighted by Crippen LogP contribution is -2.59. The van der Waals surface area contributed by atoms with Crippen molar-refractivity contribution in [1.29, 1.82) is 0 Å². The third-order valence-corrected chi connectivity index (χ3v) is 4.84. The fourth-order valence-electron chi connectivity index (χ4n) is 3.74. The predicted molar refractivity (Wildman–Crippen MR) is 82.4 cm³/mol. The molecule has 2 atom stereocenters. The second-order valence-electron chi connectivity index (χ2n) is 7.29. The molecule has 2 rings (SSSR count). The molecule has 2 aliphatic rings. The molecule has 0 aliphatic heterocycles. The summed E-state index contributed by atoms with van der Waals surface area (Å²) in [4.78, 5) is 14.4. The molecular weight excluding hydrogens is 250 g/mol. The Kier molecular flexibility index (Phi) is 5.08. The van der Waals surface area contributed by atoms with E-state index in [0.717, 1.165) is 38.8 Å². The van der Waals surface area contributed by atoms with Gasteiger partial charge in [0.25, 0.3) is 0 Å². The number of amides is 1. The van der Waals surface area contributed by atoms with E-state index in [0.29, 0.717) is 17.9 Å². The van der Waals surface area contributed by atoms with Crippen molar-refractivity contribution < 1.29 is 4.79 Å². The van der Waals surface area contributed by atoms with E-state index in [-0.39, 0.29) is 5.91 Å². The van der Waals surface area contributed by atoms with Crippen LogP contribution in [0.25, 0.3) is 0 Å². The molecule has 2 unspecified atom stereocenters. The molecule has 0 spiro atoms. The molecular formula is C16H31N3O. The van der Waals surface area contributed by atoms with Crippen LogP contribution in [0.15, 0.2) is 0 Å². The third-order valence-electron chi connectivity index (χ3n) is 4.84. The molecule has 0 bridgehead atoms. The average molecular weight is 281 g/mol. The number of primary amides is 1. The minimum absolute atomic E-state index is 0.126. The molecule has 0 aromatic rings. The highest BCUT2D eigenvalue weighted by atomic mass is 16.1. The quantitative estimate of drug-likeness (QED) is 0.712. The molecule has 1 amide bonds. The Balaban J connectivity index is 1.92. The van der Waals surface area contributed by atoms with E-state index in [1.807, 2.05) is 0 Å². The number of hydrogen-bond acceptors (Lipinski definition) is 3. The van der Waals surface area contributed by atoms with Crippen molar-refractivity contribution in [3.05, 3.63) is 0 Å². The van der Waals surface area contributed by atoms with Gasteiger partial charge in [-0.15, -0.1) is 0 Å². The number of carbonyl (C=O) groups excluding carboxylic acids is 1. The largest absolute Gasteiger partial charge is 0.368 e. The maximum absolute atomic E-state index is 12.1. The van der Waals surface area contributed by atoms with Crippen molar-refractivity contribution in [2.75, 3.05) is 20.1 Å². The summed E-state index contributed by atoms with van der Waals surface area (Å²) in [6, 6.07) is 0.538. The molecule has 20 heavy (non-hydrogen) atoms. The van der Waals surface area contributed by atoms with Gasteiger partial charge >= 0.3 is 0 Å². The Morgan fingerprint density at radius 1 is 1.40 bits per heavy atom. The van der Waals surface area contributed by atoms with Crippen LogP contribution < -0.4 is 11.1 Å². The molecule has 2 saturated carbocycles. The van der Waals surface area contributed by atoms with E-state index in [1.54, 1.807) is 0 Å². The van der Waals surface area contributed by atoms with Crippen molar-refractivity contribution >= 4 is 5.91 Å². The molecule has 2 fully saturated rings.